The molecule has 2 aromatic rings. The van der Waals surface area contributed by atoms with Crippen molar-refractivity contribution in [2.75, 3.05) is 0 Å². The smallest absolute Gasteiger partial charge is 0.0195 e. The summed E-state index contributed by atoms with van der Waals surface area (Å²) in [5.41, 5.74) is 9.45. The van der Waals surface area contributed by atoms with Gasteiger partial charge in [-0.2, -0.15) is 0 Å². The molecule has 0 bridgehead atoms. The fraction of sp³-hybridized carbons (Fsp3) is 0.368. The van der Waals surface area contributed by atoms with Crippen molar-refractivity contribution in [1.82, 2.24) is 0 Å². The number of rotatable bonds is 3. The molecule has 0 amide bonds. The van der Waals surface area contributed by atoms with Gasteiger partial charge in [-0.1, -0.05) is 58.4 Å². The van der Waals surface area contributed by atoms with Gasteiger partial charge in [-0.15, -0.1) is 0 Å². The number of benzene rings is 2. The summed E-state index contributed by atoms with van der Waals surface area (Å²) < 4.78 is 1.13. The zero-order chi connectivity index (χ0) is 14.7. The van der Waals surface area contributed by atoms with Crippen LogP contribution < -0.4 is 5.73 Å². The Hall–Kier alpha value is -1.12. The van der Waals surface area contributed by atoms with E-state index in [1.807, 2.05) is 0 Å². The third-order valence-electron chi connectivity index (χ3n) is 4.72. The molecular formula is C19H22BrN. The summed E-state index contributed by atoms with van der Waals surface area (Å²) >= 11 is 3.49. The van der Waals surface area contributed by atoms with E-state index >= 15 is 0 Å². The molecule has 1 nitrogen and oxygen atoms in total. The Kier molecular flexibility index (Phi) is 4.46. The van der Waals surface area contributed by atoms with Crippen LogP contribution in [0.5, 0.6) is 0 Å². The van der Waals surface area contributed by atoms with Crippen LogP contribution in [-0.4, -0.2) is 5.54 Å². The van der Waals surface area contributed by atoms with Crippen molar-refractivity contribution in [2.45, 2.75) is 43.6 Å². The molecule has 2 aromatic carbocycles. The molecule has 0 aromatic heterocycles. The second kappa shape index (κ2) is 6.33. The van der Waals surface area contributed by atoms with Gasteiger partial charge in [0.05, 0.1) is 0 Å². The van der Waals surface area contributed by atoms with E-state index in [4.69, 9.17) is 5.73 Å². The highest BCUT2D eigenvalue weighted by atomic mass is 79.9. The first-order valence-corrected chi connectivity index (χ1v) is 8.52. The largest absolute Gasteiger partial charge is 0.325 e. The van der Waals surface area contributed by atoms with Gasteiger partial charge in [0.2, 0.25) is 0 Å². The van der Waals surface area contributed by atoms with Gasteiger partial charge in [-0.05, 0) is 61.3 Å². The fourth-order valence-electron chi connectivity index (χ4n) is 3.44. The van der Waals surface area contributed by atoms with Crippen molar-refractivity contribution < 1.29 is 0 Å². The van der Waals surface area contributed by atoms with Gasteiger partial charge in [-0.3, -0.25) is 0 Å². The van der Waals surface area contributed by atoms with Crippen LogP contribution in [0.3, 0.4) is 0 Å². The predicted molar refractivity (Wildman–Crippen MR) is 92.4 cm³/mol. The highest BCUT2D eigenvalue weighted by molar-refractivity contribution is 9.10. The van der Waals surface area contributed by atoms with E-state index in [0.717, 1.165) is 23.7 Å². The maximum Gasteiger partial charge on any atom is 0.0195 e. The Bertz CT molecular complexity index is 568. The number of hydrogen-bond donors (Lipinski definition) is 1. The Balaban J connectivity index is 1.62. The van der Waals surface area contributed by atoms with Gasteiger partial charge in [0, 0.05) is 10.0 Å². The average Bonchev–Trinajstić information content (AvgIpc) is 2.51. The minimum absolute atomic E-state index is 0.0287. The molecule has 1 aliphatic rings. The van der Waals surface area contributed by atoms with E-state index in [1.54, 1.807) is 0 Å². The van der Waals surface area contributed by atoms with Gasteiger partial charge >= 0.3 is 0 Å². The molecule has 0 heterocycles. The van der Waals surface area contributed by atoms with Crippen molar-refractivity contribution in [2.24, 2.45) is 5.73 Å². The molecule has 110 valence electrons. The molecule has 2 heteroatoms. The lowest BCUT2D eigenvalue weighted by Crippen LogP contribution is -2.45. The number of halogens is 1. The highest BCUT2D eigenvalue weighted by Gasteiger charge is 2.32. The van der Waals surface area contributed by atoms with Crippen LogP contribution in [0.25, 0.3) is 0 Å². The number of hydrogen-bond acceptors (Lipinski definition) is 1. The Morgan fingerprint density at radius 1 is 0.952 bits per heavy atom. The summed E-state index contributed by atoms with van der Waals surface area (Å²) in [5, 5.41) is 0. The van der Waals surface area contributed by atoms with Crippen molar-refractivity contribution in [1.29, 1.82) is 0 Å². The molecular weight excluding hydrogens is 322 g/mol. The lowest BCUT2D eigenvalue weighted by molar-refractivity contribution is 0.271. The van der Waals surface area contributed by atoms with Gasteiger partial charge in [0.1, 0.15) is 0 Å². The lowest BCUT2D eigenvalue weighted by Gasteiger charge is -2.37. The first-order chi connectivity index (χ1) is 10.1. The minimum Gasteiger partial charge on any atom is -0.325 e. The Morgan fingerprint density at radius 3 is 2.19 bits per heavy atom. The second-order valence-electron chi connectivity index (χ2n) is 6.35. The van der Waals surface area contributed by atoms with Gasteiger partial charge in [-0.25, -0.2) is 0 Å². The summed E-state index contributed by atoms with van der Waals surface area (Å²) in [6.07, 6.45) is 5.63. The summed E-state index contributed by atoms with van der Waals surface area (Å²) in [6.45, 7) is 0. The van der Waals surface area contributed by atoms with Crippen LogP contribution in [0.15, 0.2) is 59.1 Å². The highest BCUT2D eigenvalue weighted by Crippen LogP contribution is 2.38. The second-order valence-corrected chi connectivity index (χ2v) is 7.27. The summed E-state index contributed by atoms with van der Waals surface area (Å²) in [7, 11) is 0. The van der Waals surface area contributed by atoms with Crippen molar-refractivity contribution in [3.63, 3.8) is 0 Å². The van der Waals surface area contributed by atoms with E-state index in [2.05, 4.69) is 70.5 Å². The maximum absolute atomic E-state index is 6.66. The molecule has 0 unspecified atom stereocenters. The monoisotopic (exact) mass is 343 g/mol. The molecule has 3 rings (SSSR count). The van der Waals surface area contributed by atoms with Crippen molar-refractivity contribution >= 4 is 15.9 Å². The third kappa shape index (κ3) is 3.75. The van der Waals surface area contributed by atoms with Gasteiger partial charge in [0.15, 0.2) is 0 Å². The maximum atomic E-state index is 6.66. The molecule has 0 radical (unpaired) electrons. The first kappa shape index (κ1) is 14.8. The third-order valence-corrected chi connectivity index (χ3v) is 5.25. The molecule has 2 N–H and O–H groups in total. The van der Waals surface area contributed by atoms with Gasteiger partial charge < -0.3 is 5.73 Å². The minimum atomic E-state index is -0.0287. The SMILES string of the molecule is NC1(Cc2ccc(Br)cc2)CCC(c2ccccc2)CC1. The molecule has 0 saturated heterocycles. The first-order valence-electron chi connectivity index (χ1n) is 7.73. The van der Waals surface area contributed by atoms with E-state index in [9.17, 15) is 0 Å². The fourth-order valence-corrected chi connectivity index (χ4v) is 3.70. The quantitative estimate of drug-likeness (QED) is 0.829. The lowest BCUT2D eigenvalue weighted by atomic mass is 9.72. The molecule has 0 aliphatic heterocycles. The zero-order valence-corrected chi connectivity index (χ0v) is 13.9. The van der Waals surface area contributed by atoms with E-state index in [0.29, 0.717) is 5.92 Å². The summed E-state index contributed by atoms with van der Waals surface area (Å²) in [6, 6.07) is 19.5. The van der Waals surface area contributed by atoms with Crippen LogP contribution in [0, 0.1) is 0 Å². The molecule has 21 heavy (non-hydrogen) atoms. The molecule has 1 saturated carbocycles. The normalized spacial score (nSPS) is 25.7. The summed E-state index contributed by atoms with van der Waals surface area (Å²) in [4.78, 5) is 0. The zero-order valence-electron chi connectivity index (χ0n) is 12.3. The summed E-state index contributed by atoms with van der Waals surface area (Å²) in [5.74, 6) is 0.688. The van der Waals surface area contributed by atoms with Crippen LogP contribution in [0.1, 0.15) is 42.7 Å². The standard InChI is InChI=1S/C19H22BrN/c20-18-8-6-15(7-9-18)14-19(21)12-10-17(11-13-19)16-4-2-1-3-5-16/h1-9,17H,10-14,21H2. The number of nitrogens with two attached hydrogens (primary N) is 1. The van der Waals surface area contributed by atoms with Gasteiger partial charge in [0.25, 0.3) is 0 Å². The van der Waals surface area contributed by atoms with Crippen LogP contribution in [0.4, 0.5) is 0 Å². The Labute approximate surface area is 135 Å². The van der Waals surface area contributed by atoms with E-state index < -0.39 is 0 Å². The Morgan fingerprint density at radius 2 is 1.57 bits per heavy atom. The van der Waals surface area contributed by atoms with Crippen molar-refractivity contribution in [3.05, 3.63) is 70.2 Å². The molecule has 1 aliphatic carbocycles. The van der Waals surface area contributed by atoms with Crippen LogP contribution in [-0.2, 0) is 6.42 Å². The van der Waals surface area contributed by atoms with E-state index in [-0.39, 0.29) is 5.54 Å². The van der Waals surface area contributed by atoms with Crippen LogP contribution in [0.2, 0.25) is 0 Å². The molecule has 1 fully saturated rings. The average molecular weight is 344 g/mol. The molecule has 0 spiro atoms. The molecule has 0 atom stereocenters. The predicted octanol–water partition coefficient (Wildman–Crippen LogP) is 5.05. The van der Waals surface area contributed by atoms with E-state index in [1.165, 1.54) is 24.0 Å². The van der Waals surface area contributed by atoms with Crippen molar-refractivity contribution in [3.8, 4) is 0 Å². The van der Waals surface area contributed by atoms with Crippen LogP contribution >= 0.6 is 15.9 Å². The topological polar surface area (TPSA) is 26.0 Å².